The minimum atomic E-state index is -0.885. The number of anilines is 1. The molecular formula is C32H37ClN4O3. The van der Waals surface area contributed by atoms with Gasteiger partial charge in [0.25, 0.3) is 5.91 Å². The Bertz CT molecular complexity index is 1350. The maximum atomic E-state index is 14.5. The van der Waals surface area contributed by atoms with Gasteiger partial charge in [-0.2, -0.15) is 0 Å². The Labute approximate surface area is 241 Å². The summed E-state index contributed by atoms with van der Waals surface area (Å²) in [7, 11) is 0. The van der Waals surface area contributed by atoms with Crippen molar-refractivity contribution in [3.05, 3.63) is 101 Å². The molecule has 1 saturated heterocycles. The number of carbonyl (C=O) groups is 3. The van der Waals surface area contributed by atoms with Gasteiger partial charge in [-0.05, 0) is 75.8 Å². The van der Waals surface area contributed by atoms with E-state index < -0.39 is 23.7 Å². The van der Waals surface area contributed by atoms with E-state index in [1.807, 2.05) is 82.3 Å². The third-order valence-corrected chi connectivity index (χ3v) is 7.35. The second-order valence-electron chi connectivity index (χ2n) is 11.4. The molecule has 7 nitrogen and oxygen atoms in total. The third-order valence-electron chi connectivity index (χ3n) is 7.12. The van der Waals surface area contributed by atoms with Crippen LogP contribution in [0.4, 0.5) is 10.5 Å². The molecule has 3 aromatic rings. The third kappa shape index (κ3) is 6.83. The van der Waals surface area contributed by atoms with Crippen molar-refractivity contribution in [1.29, 1.82) is 0 Å². The van der Waals surface area contributed by atoms with Gasteiger partial charge >= 0.3 is 6.03 Å². The summed E-state index contributed by atoms with van der Waals surface area (Å²) in [5.74, 6) is -0.652. The second-order valence-corrected chi connectivity index (χ2v) is 11.8. The molecule has 0 bridgehead atoms. The lowest BCUT2D eigenvalue weighted by molar-refractivity contribution is -0.181. The molecule has 3 aromatic carbocycles. The lowest BCUT2D eigenvalue weighted by Crippen LogP contribution is -2.61. The number of aryl methyl sites for hydroxylation is 1. The van der Waals surface area contributed by atoms with Gasteiger partial charge in [0, 0.05) is 17.6 Å². The van der Waals surface area contributed by atoms with Crippen LogP contribution in [-0.2, 0) is 9.59 Å². The summed E-state index contributed by atoms with van der Waals surface area (Å²) >= 11 is 6.09. The quantitative estimate of drug-likeness (QED) is 0.358. The highest BCUT2D eigenvalue weighted by molar-refractivity contribution is 6.30. The van der Waals surface area contributed by atoms with Crippen LogP contribution >= 0.6 is 11.6 Å². The van der Waals surface area contributed by atoms with Crippen LogP contribution in [0.25, 0.3) is 0 Å². The maximum Gasteiger partial charge on any atom is 0.319 e. The van der Waals surface area contributed by atoms with E-state index in [-0.39, 0.29) is 17.7 Å². The highest BCUT2D eigenvalue weighted by Gasteiger charge is 2.45. The van der Waals surface area contributed by atoms with E-state index in [1.165, 1.54) is 11.9 Å². The minimum Gasteiger partial charge on any atom is -0.326 e. The molecule has 3 atom stereocenters. The molecule has 40 heavy (non-hydrogen) atoms. The molecule has 0 aliphatic carbocycles. The van der Waals surface area contributed by atoms with Crippen molar-refractivity contribution < 1.29 is 14.4 Å². The summed E-state index contributed by atoms with van der Waals surface area (Å²) in [4.78, 5) is 40.8. The molecule has 0 spiro atoms. The Morgan fingerprint density at radius 2 is 1.60 bits per heavy atom. The summed E-state index contributed by atoms with van der Waals surface area (Å²) in [6, 6.07) is 23.1. The normalized spacial score (nSPS) is 19.5. The van der Waals surface area contributed by atoms with Crippen molar-refractivity contribution in [1.82, 2.24) is 15.3 Å². The van der Waals surface area contributed by atoms with Crippen molar-refractivity contribution >= 4 is 35.1 Å². The van der Waals surface area contributed by atoms with Crippen molar-refractivity contribution in [3.63, 3.8) is 0 Å². The standard InChI is InChI=1S/C32H37ClN4O3/c1-21-14-16-24(17-15-21)29-19-25(23-10-7-6-8-11-23)18-28(30(39)36(29)37(22(2)38)32(3,4)5)35-31(40)34-27-13-9-12-26(33)20-27/h6-17,20,25,28-29H,18-19H2,1-5H3,(H2,34,35,40). The molecule has 1 aliphatic rings. The van der Waals surface area contributed by atoms with E-state index in [0.717, 1.165) is 16.7 Å². The van der Waals surface area contributed by atoms with Crippen molar-refractivity contribution in [2.75, 3.05) is 5.32 Å². The molecule has 1 fully saturated rings. The molecule has 1 heterocycles. The topological polar surface area (TPSA) is 81.8 Å². The summed E-state index contributed by atoms with van der Waals surface area (Å²) in [6.45, 7) is 9.20. The van der Waals surface area contributed by atoms with Gasteiger partial charge in [-0.3, -0.25) is 9.59 Å². The van der Waals surface area contributed by atoms with Crippen molar-refractivity contribution in [2.24, 2.45) is 0 Å². The molecule has 2 N–H and O–H groups in total. The van der Waals surface area contributed by atoms with Crippen LogP contribution in [0.3, 0.4) is 0 Å². The average Bonchev–Trinajstić information content (AvgIpc) is 3.01. The van der Waals surface area contributed by atoms with Gasteiger partial charge in [-0.25, -0.2) is 14.8 Å². The fraction of sp³-hybridized carbons (Fsp3) is 0.344. The Kier molecular flexibility index (Phi) is 8.84. The van der Waals surface area contributed by atoms with Crippen LogP contribution in [0.5, 0.6) is 0 Å². The summed E-state index contributed by atoms with van der Waals surface area (Å²) in [5, 5.41) is 9.31. The van der Waals surface area contributed by atoms with Crippen molar-refractivity contribution in [2.45, 2.75) is 71.0 Å². The first kappa shape index (κ1) is 29.2. The van der Waals surface area contributed by atoms with Crippen molar-refractivity contribution in [3.8, 4) is 0 Å². The van der Waals surface area contributed by atoms with Crippen LogP contribution in [-0.4, -0.2) is 39.4 Å². The van der Waals surface area contributed by atoms with Gasteiger partial charge < -0.3 is 10.6 Å². The number of rotatable bonds is 5. The SMILES string of the molecule is CC(=O)N(N1C(=O)C(NC(=O)Nc2cccc(Cl)c2)CC(c2ccccc2)CC1c1ccc(C)cc1)C(C)(C)C. The highest BCUT2D eigenvalue weighted by Crippen LogP contribution is 2.41. The summed E-state index contributed by atoms with van der Waals surface area (Å²) < 4.78 is 0. The van der Waals surface area contributed by atoms with Gasteiger partial charge in [0.2, 0.25) is 5.91 Å². The molecule has 8 heteroatoms. The van der Waals surface area contributed by atoms with E-state index >= 15 is 0 Å². The number of hydrogen-bond acceptors (Lipinski definition) is 3. The average molecular weight is 561 g/mol. The van der Waals surface area contributed by atoms with Gasteiger partial charge in [0.15, 0.2) is 0 Å². The first-order chi connectivity index (χ1) is 18.9. The molecule has 0 radical (unpaired) electrons. The van der Waals surface area contributed by atoms with E-state index in [1.54, 1.807) is 29.3 Å². The molecule has 4 amide bonds. The van der Waals surface area contributed by atoms with Gasteiger partial charge in [-0.1, -0.05) is 77.8 Å². The molecule has 210 valence electrons. The fourth-order valence-corrected chi connectivity index (χ4v) is 5.62. The van der Waals surface area contributed by atoms with Crippen LogP contribution in [0.15, 0.2) is 78.9 Å². The number of halogens is 1. The lowest BCUT2D eigenvalue weighted by Gasteiger charge is -2.47. The molecule has 0 aromatic heterocycles. The van der Waals surface area contributed by atoms with Gasteiger partial charge in [-0.15, -0.1) is 0 Å². The van der Waals surface area contributed by atoms with E-state index in [0.29, 0.717) is 23.6 Å². The zero-order chi connectivity index (χ0) is 29.0. The number of urea groups is 1. The second kappa shape index (κ2) is 12.1. The van der Waals surface area contributed by atoms with Crippen LogP contribution < -0.4 is 10.6 Å². The monoisotopic (exact) mass is 560 g/mol. The van der Waals surface area contributed by atoms with Crippen LogP contribution in [0.1, 0.15) is 69.2 Å². The zero-order valence-corrected chi connectivity index (χ0v) is 24.4. The number of nitrogens with one attached hydrogen (secondary N) is 2. The number of nitrogens with zero attached hydrogens (tertiary/aromatic N) is 2. The zero-order valence-electron chi connectivity index (χ0n) is 23.6. The number of amides is 4. The number of benzene rings is 3. The van der Waals surface area contributed by atoms with E-state index in [4.69, 9.17) is 11.6 Å². The number of hydrogen-bond donors (Lipinski definition) is 2. The first-order valence-electron chi connectivity index (χ1n) is 13.5. The molecular weight excluding hydrogens is 524 g/mol. The molecule has 0 saturated carbocycles. The van der Waals surface area contributed by atoms with Gasteiger partial charge in [0.05, 0.1) is 11.6 Å². The Hall–Kier alpha value is -3.84. The maximum absolute atomic E-state index is 14.5. The Morgan fingerprint density at radius 1 is 0.925 bits per heavy atom. The fourth-order valence-electron chi connectivity index (χ4n) is 5.42. The Morgan fingerprint density at radius 3 is 2.20 bits per heavy atom. The lowest BCUT2D eigenvalue weighted by atomic mass is 9.86. The predicted octanol–water partition coefficient (Wildman–Crippen LogP) is 6.85. The molecule has 4 rings (SSSR count). The van der Waals surface area contributed by atoms with Crippen LogP contribution in [0, 0.1) is 6.92 Å². The number of carbonyl (C=O) groups excluding carboxylic acids is 3. The summed E-state index contributed by atoms with van der Waals surface area (Å²) in [5.41, 5.74) is 2.93. The molecule has 1 aliphatic heterocycles. The Balaban J connectivity index is 1.79. The summed E-state index contributed by atoms with van der Waals surface area (Å²) in [6.07, 6.45) is 0.952. The highest BCUT2D eigenvalue weighted by atomic mass is 35.5. The van der Waals surface area contributed by atoms with Crippen LogP contribution in [0.2, 0.25) is 5.02 Å². The molecule has 3 unspecified atom stereocenters. The van der Waals surface area contributed by atoms with E-state index in [2.05, 4.69) is 10.6 Å². The largest absolute Gasteiger partial charge is 0.326 e. The smallest absolute Gasteiger partial charge is 0.319 e. The first-order valence-corrected chi connectivity index (χ1v) is 13.9. The van der Waals surface area contributed by atoms with E-state index in [9.17, 15) is 14.4 Å². The number of hydrazine groups is 1. The predicted molar refractivity (Wildman–Crippen MR) is 159 cm³/mol. The van der Waals surface area contributed by atoms with Gasteiger partial charge in [0.1, 0.15) is 6.04 Å². The minimum absolute atomic E-state index is 0.0632.